The summed E-state index contributed by atoms with van der Waals surface area (Å²) in [5.41, 5.74) is 6.22. The zero-order valence-electron chi connectivity index (χ0n) is 16.3. The van der Waals surface area contributed by atoms with Gasteiger partial charge in [-0.15, -0.1) is 0 Å². The lowest BCUT2D eigenvalue weighted by Gasteiger charge is -2.28. The van der Waals surface area contributed by atoms with E-state index in [1.165, 1.54) is 0 Å². The van der Waals surface area contributed by atoms with E-state index in [4.69, 9.17) is 15.2 Å². The van der Waals surface area contributed by atoms with Crippen LogP contribution < -0.4 is 20.5 Å². The number of pyridine rings is 1. The van der Waals surface area contributed by atoms with Crippen molar-refractivity contribution in [1.82, 2.24) is 10.3 Å². The molecule has 0 saturated heterocycles. The molecular formula is C21H29N3O3. The average molecular weight is 371 g/mol. The van der Waals surface area contributed by atoms with Gasteiger partial charge in [0, 0.05) is 25.4 Å². The quantitative estimate of drug-likeness (QED) is 0.666. The number of nitrogens with zero attached hydrogens (tertiary/aromatic N) is 1. The number of carbonyl (C=O) groups is 1. The number of carbonyl (C=O) groups excluding carboxylic acids is 1. The van der Waals surface area contributed by atoms with E-state index in [2.05, 4.69) is 10.3 Å². The maximum Gasteiger partial charge on any atom is 0.227 e. The number of nitrogens with one attached hydrogen (secondary N) is 1. The minimum absolute atomic E-state index is 0.0130. The molecule has 0 spiro atoms. The molecule has 1 amide bonds. The molecular weight excluding hydrogens is 342 g/mol. The maximum absolute atomic E-state index is 12.5. The molecule has 2 aromatic rings. The molecule has 0 aliphatic heterocycles. The van der Waals surface area contributed by atoms with Crippen molar-refractivity contribution in [3.05, 3.63) is 48.2 Å². The molecule has 0 aliphatic carbocycles. The van der Waals surface area contributed by atoms with Crippen molar-refractivity contribution in [3.8, 4) is 17.4 Å². The van der Waals surface area contributed by atoms with Gasteiger partial charge < -0.3 is 20.5 Å². The van der Waals surface area contributed by atoms with E-state index in [9.17, 15) is 4.79 Å². The number of aromatic nitrogens is 1. The third-order valence-corrected chi connectivity index (χ3v) is 4.84. The molecule has 0 saturated carbocycles. The normalized spacial score (nSPS) is 11.1. The predicted molar refractivity (Wildman–Crippen MR) is 106 cm³/mol. The van der Waals surface area contributed by atoms with E-state index in [1.54, 1.807) is 12.3 Å². The molecule has 1 heterocycles. The van der Waals surface area contributed by atoms with Gasteiger partial charge in [0.2, 0.25) is 11.8 Å². The number of amides is 1. The highest BCUT2D eigenvalue weighted by Crippen LogP contribution is 2.30. The molecule has 6 nitrogen and oxygen atoms in total. The van der Waals surface area contributed by atoms with Crippen molar-refractivity contribution in [3.63, 3.8) is 0 Å². The minimum Gasteiger partial charge on any atom is -0.490 e. The summed E-state index contributed by atoms with van der Waals surface area (Å²) in [5, 5.41) is 2.97. The standard InChI is InChI=1S/C21H29N3O3/c1-4-21(5-2,15-22)20(25)24-14-16-11-12-19(23-13-16)27-18-10-8-7-9-17(18)26-6-3/h7-13H,4-6,14-15,22H2,1-3H3,(H,24,25). The second kappa shape index (κ2) is 9.92. The first kappa shape index (κ1) is 20.7. The van der Waals surface area contributed by atoms with E-state index < -0.39 is 5.41 Å². The van der Waals surface area contributed by atoms with Gasteiger partial charge in [-0.3, -0.25) is 4.79 Å². The highest BCUT2D eigenvalue weighted by molar-refractivity contribution is 5.82. The molecule has 27 heavy (non-hydrogen) atoms. The zero-order chi connectivity index (χ0) is 19.7. The van der Waals surface area contributed by atoms with E-state index >= 15 is 0 Å². The molecule has 1 aromatic carbocycles. The summed E-state index contributed by atoms with van der Waals surface area (Å²) >= 11 is 0. The van der Waals surface area contributed by atoms with Crippen LogP contribution >= 0.6 is 0 Å². The fraction of sp³-hybridized carbons (Fsp3) is 0.429. The van der Waals surface area contributed by atoms with Crippen molar-refractivity contribution < 1.29 is 14.3 Å². The second-order valence-corrected chi connectivity index (χ2v) is 6.36. The number of ether oxygens (including phenoxy) is 2. The summed E-state index contributed by atoms with van der Waals surface area (Å²) in [5.74, 6) is 1.75. The fourth-order valence-corrected chi connectivity index (χ4v) is 2.82. The number of rotatable bonds is 10. The van der Waals surface area contributed by atoms with Crippen LogP contribution in [0.1, 0.15) is 39.2 Å². The SMILES string of the molecule is CCOc1ccccc1Oc1ccc(CNC(=O)C(CC)(CC)CN)cn1. The highest BCUT2D eigenvalue weighted by Gasteiger charge is 2.32. The monoisotopic (exact) mass is 371 g/mol. The van der Waals surface area contributed by atoms with E-state index in [-0.39, 0.29) is 5.91 Å². The summed E-state index contributed by atoms with van der Waals surface area (Å²) in [4.78, 5) is 16.8. The summed E-state index contributed by atoms with van der Waals surface area (Å²) in [6.45, 7) is 7.22. The lowest BCUT2D eigenvalue weighted by molar-refractivity contribution is -0.131. The average Bonchev–Trinajstić information content (AvgIpc) is 2.71. The van der Waals surface area contributed by atoms with Crippen LogP contribution in [0.5, 0.6) is 17.4 Å². The Hall–Kier alpha value is -2.60. The van der Waals surface area contributed by atoms with E-state index in [0.717, 1.165) is 18.4 Å². The predicted octanol–water partition coefficient (Wildman–Crippen LogP) is 3.65. The maximum atomic E-state index is 12.5. The first-order chi connectivity index (χ1) is 13.1. The van der Waals surface area contributed by atoms with E-state index in [1.807, 2.05) is 51.1 Å². The lowest BCUT2D eigenvalue weighted by Crippen LogP contribution is -2.45. The largest absolute Gasteiger partial charge is 0.490 e. The van der Waals surface area contributed by atoms with Crippen LogP contribution in [0.15, 0.2) is 42.6 Å². The Morgan fingerprint density at radius 3 is 2.37 bits per heavy atom. The van der Waals surface area contributed by atoms with Crippen LogP contribution in [0.3, 0.4) is 0 Å². The van der Waals surface area contributed by atoms with Gasteiger partial charge in [-0.2, -0.15) is 0 Å². The number of para-hydroxylation sites is 2. The smallest absolute Gasteiger partial charge is 0.227 e. The van der Waals surface area contributed by atoms with Gasteiger partial charge in [0.1, 0.15) is 0 Å². The summed E-state index contributed by atoms with van der Waals surface area (Å²) in [6.07, 6.45) is 3.13. The topological polar surface area (TPSA) is 86.5 Å². The highest BCUT2D eigenvalue weighted by atomic mass is 16.5. The summed E-state index contributed by atoms with van der Waals surface area (Å²) in [6, 6.07) is 11.1. The number of benzene rings is 1. The van der Waals surface area contributed by atoms with Crippen LogP contribution in [0.25, 0.3) is 0 Å². The molecule has 3 N–H and O–H groups in total. The van der Waals surface area contributed by atoms with Crippen molar-refractivity contribution in [2.75, 3.05) is 13.2 Å². The van der Waals surface area contributed by atoms with Crippen LogP contribution in [-0.4, -0.2) is 24.0 Å². The van der Waals surface area contributed by atoms with Crippen LogP contribution in [0.4, 0.5) is 0 Å². The van der Waals surface area contributed by atoms with Crippen LogP contribution in [0.2, 0.25) is 0 Å². The number of hydrogen-bond donors (Lipinski definition) is 2. The van der Waals surface area contributed by atoms with Crippen LogP contribution in [0, 0.1) is 5.41 Å². The molecule has 0 atom stereocenters. The van der Waals surface area contributed by atoms with Gasteiger partial charge in [-0.25, -0.2) is 4.98 Å². The first-order valence-electron chi connectivity index (χ1n) is 9.41. The molecule has 0 fully saturated rings. The molecule has 1 aromatic heterocycles. The Morgan fingerprint density at radius 2 is 1.81 bits per heavy atom. The number of nitrogens with two attached hydrogens (primary N) is 1. The molecule has 146 valence electrons. The number of hydrogen-bond acceptors (Lipinski definition) is 5. The molecule has 0 bridgehead atoms. The third-order valence-electron chi connectivity index (χ3n) is 4.84. The van der Waals surface area contributed by atoms with Gasteiger partial charge in [-0.1, -0.05) is 32.0 Å². The Morgan fingerprint density at radius 1 is 1.11 bits per heavy atom. The van der Waals surface area contributed by atoms with Crippen molar-refractivity contribution >= 4 is 5.91 Å². The van der Waals surface area contributed by atoms with Crippen molar-refractivity contribution in [1.29, 1.82) is 0 Å². The Labute approximate surface area is 161 Å². The Bertz CT molecular complexity index is 719. The minimum atomic E-state index is -0.501. The van der Waals surface area contributed by atoms with Crippen molar-refractivity contribution in [2.45, 2.75) is 40.2 Å². The second-order valence-electron chi connectivity index (χ2n) is 6.36. The summed E-state index contributed by atoms with van der Waals surface area (Å²) in [7, 11) is 0. The molecule has 0 unspecified atom stereocenters. The van der Waals surface area contributed by atoms with Gasteiger partial charge >= 0.3 is 0 Å². The van der Waals surface area contributed by atoms with Crippen LogP contribution in [-0.2, 0) is 11.3 Å². The fourth-order valence-electron chi connectivity index (χ4n) is 2.82. The van der Waals surface area contributed by atoms with E-state index in [0.29, 0.717) is 37.1 Å². The van der Waals surface area contributed by atoms with Gasteiger partial charge in [0.25, 0.3) is 0 Å². The molecule has 0 aliphatic rings. The molecule has 0 radical (unpaired) electrons. The third kappa shape index (κ3) is 5.20. The first-order valence-corrected chi connectivity index (χ1v) is 9.41. The molecule has 2 rings (SSSR count). The summed E-state index contributed by atoms with van der Waals surface area (Å²) < 4.78 is 11.4. The zero-order valence-corrected chi connectivity index (χ0v) is 16.3. The van der Waals surface area contributed by atoms with Gasteiger partial charge in [0.15, 0.2) is 11.5 Å². The molecule has 6 heteroatoms. The lowest BCUT2D eigenvalue weighted by atomic mass is 9.81. The van der Waals surface area contributed by atoms with Gasteiger partial charge in [-0.05, 0) is 37.5 Å². The van der Waals surface area contributed by atoms with Gasteiger partial charge in [0.05, 0.1) is 12.0 Å². The Balaban J connectivity index is 1.99. The Kier molecular flexibility index (Phi) is 7.61. The van der Waals surface area contributed by atoms with Crippen molar-refractivity contribution in [2.24, 2.45) is 11.1 Å².